The number of H-pyrrole nitrogens is 1. The molecule has 2 aromatic rings. The number of nitrogens with two attached hydrogens (primary N) is 1. The first-order valence-electron chi connectivity index (χ1n) is 7.64. The second kappa shape index (κ2) is 8.30. The van der Waals surface area contributed by atoms with Crippen LogP contribution in [0.4, 0.5) is 5.13 Å². The maximum absolute atomic E-state index is 12.1. The zero-order chi connectivity index (χ0) is 16.8. The number of thioether (sulfide) groups is 1. The number of aromatic amines is 1. The second-order valence-corrected chi connectivity index (χ2v) is 7.19. The van der Waals surface area contributed by atoms with Crippen molar-refractivity contribution in [3.05, 3.63) is 10.4 Å². The normalized spacial score (nSPS) is 12.4. The highest BCUT2D eigenvalue weighted by Gasteiger charge is 2.16. The van der Waals surface area contributed by atoms with E-state index in [0.29, 0.717) is 27.1 Å². The Morgan fingerprint density at radius 3 is 2.83 bits per heavy atom. The predicted molar refractivity (Wildman–Crippen MR) is 95.2 cm³/mol. The molecule has 0 bridgehead atoms. The highest BCUT2D eigenvalue weighted by atomic mass is 32.2. The fourth-order valence-electron chi connectivity index (χ4n) is 1.99. The van der Waals surface area contributed by atoms with E-state index >= 15 is 0 Å². The van der Waals surface area contributed by atoms with Crippen LogP contribution in [0.15, 0.2) is 9.95 Å². The van der Waals surface area contributed by atoms with Crippen LogP contribution in [-0.2, 0) is 4.79 Å². The van der Waals surface area contributed by atoms with E-state index in [1.54, 1.807) is 0 Å². The molecular formula is C14H21N5O2S2. The first-order valence-corrected chi connectivity index (χ1v) is 9.44. The predicted octanol–water partition coefficient (Wildman–Crippen LogP) is 2.34. The lowest BCUT2D eigenvalue weighted by molar-refractivity contribution is -0.118. The fraction of sp³-hybridized carbons (Fsp3) is 0.571. The lowest BCUT2D eigenvalue weighted by Crippen LogP contribution is -2.34. The zero-order valence-corrected chi connectivity index (χ0v) is 14.9. The number of fused-ring (bicyclic) bond motifs is 1. The molecule has 1 amide bonds. The Labute approximate surface area is 142 Å². The van der Waals surface area contributed by atoms with Crippen LogP contribution in [0.3, 0.4) is 0 Å². The van der Waals surface area contributed by atoms with Gasteiger partial charge in [-0.3, -0.25) is 9.59 Å². The molecule has 0 saturated heterocycles. The van der Waals surface area contributed by atoms with Gasteiger partial charge in [0.2, 0.25) is 5.91 Å². The Bertz CT molecular complexity index is 728. The van der Waals surface area contributed by atoms with Gasteiger partial charge in [0.05, 0.1) is 0 Å². The number of hydrogen-bond donors (Lipinski definition) is 3. The van der Waals surface area contributed by atoms with Crippen molar-refractivity contribution in [3.63, 3.8) is 0 Å². The molecule has 0 aromatic carbocycles. The van der Waals surface area contributed by atoms with Crippen molar-refractivity contribution in [3.8, 4) is 0 Å². The minimum absolute atomic E-state index is 0.203. The third kappa shape index (κ3) is 4.68. The summed E-state index contributed by atoms with van der Waals surface area (Å²) in [4.78, 5) is 34.9. The summed E-state index contributed by atoms with van der Waals surface area (Å²) < 4.78 is 0.449. The number of thiazole rings is 1. The van der Waals surface area contributed by atoms with Gasteiger partial charge in [-0.05, 0) is 12.8 Å². The van der Waals surface area contributed by atoms with Gasteiger partial charge < -0.3 is 16.0 Å². The molecule has 0 aliphatic rings. The highest BCUT2D eigenvalue weighted by Crippen LogP contribution is 2.24. The Kier molecular flexibility index (Phi) is 6.40. The monoisotopic (exact) mass is 355 g/mol. The number of aromatic nitrogens is 3. The molecule has 2 rings (SSSR count). The summed E-state index contributed by atoms with van der Waals surface area (Å²) in [6.07, 6.45) is 3.95. The number of carbonyl (C=O) groups is 1. The van der Waals surface area contributed by atoms with Crippen LogP contribution >= 0.6 is 23.1 Å². The molecule has 23 heavy (non-hydrogen) atoms. The van der Waals surface area contributed by atoms with E-state index in [-0.39, 0.29) is 5.56 Å². The molecular weight excluding hydrogens is 334 g/mol. The number of primary amides is 1. The Balaban J connectivity index is 2.17. The topological polar surface area (TPSA) is 114 Å². The van der Waals surface area contributed by atoms with Gasteiger partial charge in [-0.25, -0.2) is 4.98 Å². The number of unbranched alkanes of at least 4 members (excludes halogenated alkanes) is 2. The zero-order valence-electron chi connectivity index (χ0n) is 13.2. The number of anilines is 1. The number of nitrogens with one attached hydrogen (secondary N) is 2. The summed E-state index contributed by atoms with van der Waals surface area (Å²) in [7, 11) is 0. The van der Waals surface area contributed by atoms with Crippen LogP contribution in [0.1, 0.15) is 39.5 Å². The van der Waals surface area contributed by atoms with Crippen LogP contribution in [0.5, 0.6) is 0 Å². The quantitative estimate of drug-likeness (QED) is 0.361. The van der Waals surface area contributed by atoms with E-state index < -0.39 is 11.9 Å². The molecule has 0 aliphatic carbocycles. The summed E-state index contributed by atoms with van der Waals surface area (Å²) in [5.74, 6) is 0.470. The minimum Gasteiger partial charge on any atom is -0.368 e. The summed E-state index contributed by atoms with van der Waals surface area (Å²) in [6.45, 7) is 4.00. The Hall–Kier alpha value is -1.61. The maximum Gasteiger partial charge on any atom is 0.271 e. The first-order chi connectivity index (χ1) is 11.0. The molecule has 0 saturated carbocycles. The van der Waals surface area contributed by atoms with Gasteiger partial charge in [-0.15, -0.1) is 0 Å². The fourth-order valence-corrected chi connectivity index (χ4v) is 3.70. The van der Waals surface area contributed by atoms with E-state index in [2.05, 4.69) is 27.2 Å². The minimum atomic E-state index is -0.502. The smallest absolute Gasteiger partial charge is 0.271 e. The molecule has 2 aromatic heterocycles. The van der Waals surface area contributed by atoms with Crippen LogP contribution in [0, 0.1) is 0 Å². The van der Waals surface area contributed by atoms with E-state index in [9.17, 15) is 9.59 Å². The van der Waals surface area contributed by atoms with Crippen LogP contribution in [0.25, 0.3) is 10.3 Å². The van der Waals surface area contributed by atoms with Crippen molar-refractivity contribution in [2.24, 2.45) is 5.73 Å². The van der Waals surface area contributed by atoms with Crippen LogP contribution in [-0.4, -0.2) is 32.7 Å². The molecule has 0 spiro atoms. The van der Waals surface area contributed by atoms with Gasteiger partial charge in [-0.2, -0.15) is 4.98 Å². The molecule has 9 heteroatoms. The lowest BCUT2D eigenvalue weighted by Gasteiger charge is -2.10. The summed E-state index contributed by atoms with van der Waals surface area (Å²) in [5, 5.41) is 4.02. The molecule has 2 heterocycles. The standard InChI is InChI=1S/C14H21N5O2S2/c1-3-5-6-7-22-13-17-11-9(12(21)19-13)23-14(18-11)16-8(4-2)10(15)20/h8H,3-7H2,1-2H3,(H2,15,20)(H2,16,17,18,19,21). The average Bonchev–Trinajstić information content (AvgIpc) is 2.92. The van der Waals surface area contributed by atoms with Gasteiger partial charge in [0, 0.05) is 5.75 Å². The van der Waals surface area contributed by atoms with Gasteiger partial charge in [0.1, 0.15) is 10.7 Å². The molecule has 0 radical (unpaired) electrons. The van der Waals surface area contributed by atoms with Gasteiger partial charge in [0.15, 0.2) is 15.9 Å². The molecule has 1 unspecified atom stereocenters. The largest absolute Gasteiger partial charge is 0.368 e. The van der Waals surface area contributed by atoms with E-state index in [0.717, 1.165) is 25.0 Å². The van der Waals surface area contributed by atoms with Crippen molar-refractivity contribution >= 4 is 44.5 Å². The number of nitrogens with zero attached hydrogens (tertiary/aromatic N) is 2. The van der Waals surface area contributed by atoms with E-state index in [1.807, 2.05) is 6.92 Å². The molecule has 0 fully saturated rings. The first kappa shape index (κ1) is 17.7. The molecule has 0 aliphatic heterocycles. The molecule has 7 nitrogen and oxygen atoms in total. The van der Waals surface area contributed by atoms with Crippen molar-refractivity contribution in [2.45, 2.75) is 50.7 Å². The SMILES string of the molecule is CCCCCSc1nc2nc(NC(CC)C(N)=O)sc2c(=O)[nH]1. The molecule has 1 atom stereocenters. The van der Waals surface area contributed by atoms with Gasteiger partial charge in [0.25, 0.3) is 5.56 Å². The van der Waals surface area contributed by atoms with Crippen molar-refractivity contribution in [1.82, 2.24) is 15.0 Å². The Morgan fingerprint density at radius 2 is 2.17 bits per heavy atom. The van der Waals surface area contributed by atoms with Crippen LogP contribution < -0.4 is 16.6 Å². The third-order valence-electron chi connectivity index (χ3n) is 3.28. The molecule has 4 N–H and O–H groups in total. The average molecular weight is 355 g/mol. The summed E-state index contributed by atoms with van der Waals surface area (Å²) >= 11 is 2.71. The molecule has 126 valence electrons. The third-order valence-corrected chi connectivity index (χ3v) is 5.21. The lowest BCUT2D eigenvalue weighted by atomic mass is 10.2. The summed E-state index contributed by atoms with van der Waals surface area (Å²) in [5.41, 5.74) is 5.51. The number of amides is 1. The number of carbonyl (C=O) groups excluding carboxylic acids is 1. The van der Waals surface area contributed by atoms with Gasteiger partial charge in [-0.1, -0.05) is 49.8 Å². The number of rotatable bonds is 9. The van der Waals surface area contributed by atoms with Crippen molar-refractivity contribution in [2.75, 3.05) is 11.1 Å². The highest BCUT2D eigenvalue weighted by molar-refractivity contribution is 7.99. The van der Waals surface area contributed by atoms with E-state index in [1.165, 1.54) is 23.1 Å². The van der Waals surface area contributed by atoms with Crippen molar-refractivity contribution in [1.29, 1.82) is 0 Å². The van der Waals surface area contributed by atoms with Crippen molar-refractivity contribution < 1.29 is 4.79 Å². The Morgan fingerprint density at radius 1 is 1.39 bits per heavy atom. The van der Waals surface area contributed by atoms with E-state index in [4.69, 9.17) is 5.73 Å². The summed E-state index contributed by atoms with van der Waals surface area (Å²) in [6, 6.07) is -0.502. The number of hydrogen-bond acceptors (Lipinski definition) is 7. The second-order valence-electron chi connectivity index (χ2n) is 5.11. The van der Waals surface area contributed by atoms with Gasteiger partial charge >= 0.3 is 0 Å². The maximum atomic E-state index is 12.1. The van der Waals surface area contributed by atoms with Crippen LogP contribution in [0.2, 0.25) is 0 Å².